The van der Waals surface area contributed by atoms with E-state index in [-0.39, 0.29) is 10.6 Å². The van der Waals surface area contributed by atoms with Crippen molar-refractivity contribution in [3.63, 3.8) is 0 Å². The first-order valence-electron chi connectivity index (χ1n) is 6.17. The van der Waals surface area contributed by atoms with Crippen LogP contribution in [0, 0.1) is 0 Å². The van der Waals surface area contributed by atoms with Gasteiger partial charge in [0, 0.05) is 14.1 Å². The summed E-state index contributed by atoms with van der Waals surface area (Å²) in [7, 11) is -0.939. The lowest BCUT2D eigenvalue weighted by Gasteiger charge is -2.11. The van der Waals surface area contributed by atoms with Crippen LogP contribution in [-0.2, 0) is 14.4 Å². The van der Waals surface area contributed by atoms with Gasteiger partial charge in [0.2, 0.25) is 0 Å². The number of nitrogens with zero attached hydrogens (tertiary/aromatic N) is 3. The predicted molar refractivity (Wildman–Crippen MR) is 79.0 cm³/mol. The second kappa shape index (κ2) is 6.57. The fraction of sp³-hybridized carbons (Fsp3) is 0.143. The van der Waals surface area contributed by atoms with Gasteiger partial charge in [0.25, 0.3) is 0 Å². The third-order valence-electron chi connectivity index (χ3n) is 2.41. The van der Waals surface area contributed by atoms with Crippen LogP contribution in [0.4, 0.5) is 11.4 Å². The van der Waals surface area contributed by atoms with Crippen molar-refractivity contribution in [3.8, 4) is 0 Å². The Morgan fingerprint density at radius 3 is 2.19 bits per heavy atom. The molecule has 0 radical (unpaired) electrons. The molecule has 0 amide bonds. The number of rotatable bonds is 5. The Morgan fingerprint density at radius 2 is 1.52 bits per heavy atom. The Kier molecular flexibility index (Phi) is 4.79. The number of hydrogen-bond acceptors (Lipinski definition) is 6. The van der Waals surface area contributed by atoms with E-state index in [1.165, 1.54) is 20.2 Å². The van der Waals surface area contributed by atoms with Crippen molar-refractivity contribution < 1.29 is 12.7 Å². The molecule has 110 valence electrons. The van der Waals surface area contributed by atoms with Gasteiger partial charge >= 0.3 is 10.1 Å². The fourth-order valence-electron chi connectivity index (χ4n) is 1.59. The van der Waals surface area contributed by atoms with E-state index in [0.717, 1.165) is 5.06 Å². The van der Waals surface area contributed by atoms with Gasteiger partial charge in [0.15, 0.2) is 0 Å². The van der Waals surface area contributed by atoms with Gasteiger partial charge in [-0.2, -0.15) is 22.9 Å². The Morgan fingerprint density at radius 1 is 0.905 bits per heavy atom. The van der Waals surface area contributed by atoms with Crippen LogP contribution in [0.15, 0.2) is 69.7 Å². The van der Waals surface area contributed by atoms with Gasteiger partial charge in [0.1, 0.15) is 10.6 Å². The Hall–Kier alpha value is -2.09. The minimum Gasteiger partial charge on any atom is -0.192 e. The van der Waals surface area contributed by atoms with Crippen LogP contribution < -0.4 is 0 Å². The molecule has 7 heteroatoms. The van der Waals surface area contributed by atoms with Crippen LogP contribution in [0.2, 0.25) is 0 Å². The number of benzene rings is 2. The SMILES string of the molecule is CN(C)OS(=O)(=O)c1ccccc1N=Nc1ccccc1. The summed E-state index contributed by atoms with van der Waals surface area (Å²) in [5.41, 5.74) is 0.862. The topological polar surface area (TPSA) is 71.3 Å². The monoisotopic (exact) mass is 305 g/mol. The van der Waals surface area contributed by atoms with Crippen LogP contribution in [0.5, 0.6) is 0 Å². The summed E-state index contributed by atoms with van der Waals surface area (Å²) in [6, 6.07) is 15.4. The lowest BCUT2D eigenvalue weighted by atomic mass is 10.3. The summed E-state index contributed by atoms with van der Waals surface area (Å²) in [5.74, 6) is 0. The first kappa shape index (κ1) is 15.3. The van der Waals surface area contributed by atoms with E-state index in [1.54, 1.807) is 30.3 Å². The average Bonchev–Trinajstić information content (AvgIpc) is 2.45. The molecule has 2 aromatic carbocycles. The van der Waals surface area contributed by atoms with Gasteiger partial charge in [-0.1, -0.05) is 30.3 Å². The van der Waals surface area contributed by atoms with Gasteiger partial charge in [-0.05, 0) is 24.3 Å². The molecule has 0 saturated carbocycles. The van der Waals surface area contributed by atoms with Crippen molar-refractivity contribution in [2.24, 2.45) is 10.2 Å². The number of hydrogen-bond donors (Lipinski definition) is 0. The summed E-state index contributed by atoms with van der Waals surface area (Å²) < 4.78 is 29.0. The zero-order chi connectivity index (χ0) is 15.3. The van der Waals surface area contributed by atoms with Gasteiger partial charge < -0.3 is 0 Å². The summed E-state index contributed by atoms with van der Waals surface area (Å²) >= 11 is 0. The maximum Gasteiger partial charge on any atom is 0.315 e. The minimum absolute atomic E-state index is 0.0293. The molecule has 6 nitrogen and oxygen atoms in total. The highest BCUT2D eigenvalue weighted by atomic mass is 32.2. The first-order chi connectivity index (χ1) is 9.99. The number of hydroxylamine groups is 2. The van der Waals surface area contributed by atoms with E-state index < -0.39 is 10.1 Å². The van der Waals surface area contributed by atoms with E-state index in [9.17, 15) is 8.42 Å². The van der Waals surface area contributed by atoms with Crippen molar-refractivity contribution in [1.29, 1.82) is 0 Å². The van der Waals surface area contributed by atoms with Crippen LogP contribution in [0.3, 0.4) is 0 Å². The molecular weight excluding hydrogens is 290 g/mol. The molecule has 0 saturated heterocycles. The van der Waals surface area contributed by atoms with E-state index in [1.807, 2.05) is 18.2 Å². The van der Waals surface area contributed by atoms with E-state index in [4.69, 9.17) is 4.28 Å². The maximum absolute atomic E-state index is 12.1. The van der Waals surface area contributed by atoms with Crippen LogP contribution in [0.1, 0.15) is 0 Å². The van der Waals surface area contributed by atoms with Crippen LogP contribution in [-0.4, -0.2) is 27.6 Å². The third kappa shape index (κ3) is 4.19. The van der Waals surface area contributed by atoms with Crippen molar-refractivity contribution in [2.75, 3.05) is 14.1 Å². The average molecular weight is 305 g/mol. The van der Waals surface area contributed by atoms with Gasteiger partial charge in [-0.15, -0.1) is 5.11 Å². The first-order valence-corrected chi connectivity index (χ1v) is 7.57. The van der Waals surface area contributed by atoms with E-state index >= 15 is 0 Å². The highest BCUT2D eigenvalue weighted by Gasteiger charge is 2.20. The highest BCUT2D eigenvalue weighted by molar-refractivity contribution is 7.86. The number of azo groups is 1. The summed E-state index contributed by atoms with van der Waals surface area (Å²) in [6.45, 7) is 0. The zero-order valence-electron chi connectivity index (χ0n) is 11.7. The standard InChI is InChI=1S/C14H15N3O3S/c1-17(2)20-21(18,19)14-11-7-6-10-13(14)16-15-12-8-4-3-5-9-12/h3-11H,1-2H3. The highest BCUT2D eigenvalue weighted by Crippen LogP contribution is 2.27. The van der Waals surface area contributed by atoms with E-state index in [0.29, 0.717) is 5.69 Å². The molecule has 0 aliphatic rings. The molecule has 2 rings (SSSR count). The molecule has 0 aliphatic carbocycles. The molecule has 2 aromatic rings. The van der Waals surface area contributed by atoms with Crippen molar-refractivity contribution in [2.45, 2.75) is 4.90 Å². The second-order valence-electron chi connectivity index (χ2n) is 4.34. The van der Waals surface area contributed by atoms with Gasteiger partial charge in [-0.3, -0.25) is 0 Å². The molecule has 0 aliphatic heterocycles. The zero-order valence-corrected chi connectivity index (χ0v) is 12.5. The smallest absolute Gasteiger partial charge is 0.192 e. The molecule has 0 heterocycles. The molecular formula is C14H15N3O3S. The predicted octanol–water partition coefficient (Wildman–Crippen LogP) is 3.28. The van der Waals surface area contributed by atoms with Gasteiger partial charge in [-0.25, -0.2) is 0 Å². The third-order valence-corrected chi connectivity index (χ3v) is 3.79. The fourth-order valence-corrected chi connectivity index (χ4v) is 2.68. The molecule has 0 fully saturated rings. The van der Waals surface area contributed by atoms with E-state index in [2.05, 4.69) is 10.2 Å². The summed E-state index contributed by atoms with van der Waals surface area (Å²) in [6.07, 6.45) is 0. The lowest BCUT2D eigenvalue weighted by Crippen LogP contribution is -2.19. The van der Waals surface area contributed by atoms with Crippen molar-refractivity contribution in [1.82, 2.24) is 5.06 Å². The maximum atomic E-state index is 12.1. The molecule has 0 unspecified atom stereocenters. The van der Waals surface area contributed by atoms with Crippen molar-refractivity contribution in [3.05, 3.63) is 54.6 Å². The minimum atomic E-state index is -3.92. The molecule has 21 heavy (non-hydrogen) atoms. The normalized spacial score (nSPS) is 12.1. The molecule has 0 atom stereocenters. The quantitative estimate of drug-likeness (QED) is 0.628. The Labute approximate surface area is 123 Å². The summed E-state index contributed by atoms with van der Waals surface area (Å²) in [4.78, 5) is -0.0293. The second-order valence-corrected chi connectivity index (χ2v) is 5.84. The van der Waals surface area contributed by atoms with Crippen LogP contribution in [0.25, 0.3) is 0 Å². The van der Waals surface area contributed by atoms with Crippen molar-refractivity contribution >= 4 is 21.5 Å². The molecule has 0 N–H and O–H groups in total. The summed E-state index contributed by atoms with van der Waals surface area (Å²) in [5, 5.41) is 9.13. The molecule has 0 bridgehead atoms. The molecule has 0 spiro atoms. The van der Waals surface area contributed by atoms with Crippen LogP contribution >= 0.6 is 0 Å². The largest absolute Gasteiger partial charge is 0.315 e. The lowest BCUT2D eigenvalue weighted by molar-refractivity contribution is 0.00520. The van der Waals surface area contributed by atoms with Gasteiger partial charge in [0.05, 0.1) is 5.69 Å². The molecule has 0 aromatic heterocycles. The Balaban J connectivity index is 2.36. The Bertz CT molecular complexity index is 728.